The third-order valence-electron chi connectivity index (χ3n) is 10.4. The number of rotatable bonds is 7. The third-order valence-corrected chi connectivity index (χ3v) is 10.4. The normalized spacial score (nSPS) is 15.2. The van der Waals surface area contributed by atoms with Crippen LogP contribution in [0.3, 0.4) is 0 Å². The zero-order valence-electron chi connectivity index (χ0n) is 29.4. The number of phenolic OH excluding ortho intramolecular Hbond substituents is 6. The molecule has 0 unspecified atom stereocenters. The number of fused-ring (bicyclic) bond motifs is 4. The molecule has 0 saturated carbocycles. The van der Waals surface area contributed by atoms with E-state index in [-0.39, 0.29) is 91.0 Å². The Morgan fingerprint density at radius 2 is 0.870 bits per heavy atom. The minimum absolute atomic E-state index is 0.0199. The highest BCUT2D eigenvalue weighted by Crippen LogP contribution is 2.54. The van der Waals surface area contributed by atoms with Crippen molar-refractivity contribution < 1.29 is 49.7 Å². The molecular weight excluding hydrogens is 700 g/mol. The molecule has 0 radical (unpaired) electrons. The fraction of sp³-hybridized carbons (Fsp3) is 0.316. The number of benzene rings is 4. The Kier molecular flexibility index (Phi) is 8.57. The molecule has 2 aliphatic rings. The molecule has 4 aromatic carbocycles. The molecule has 0 aliphatic carbocycles. The number of carbonyl (C=O) groups is 2. The number of aromatic hydroxyl groups is 6. The smallest absolute Gasteiger partial charge is 0.340 e. The van der Waals surface area contributed by atoms with Crippen LogP contribution >= 0.6 is 0 Å². The fourth-order valence-electron chi connectivity index (χ4n) is 7.63. The zero-order chi connectivity index (χ0) is 38.0. The molecule has 2 saturated heterocycles. The minimum atomic E-state index is -0.774. The molecule has 0 atom stereocenters. The predicted molar refractivity (Wildman–Crippen MR) is 195 cm³/mol. The molecule has 6 N–H and O–H groups in total. The Morgan fingerprint density at radius 3 is 1.22 bits per heavy atom. The Labute approximate surface area is 306 Å². The van der Waals surface area contributed by atoms with Crippen LogP contribution in [0.15, 0.2) is 24.3 Å². The van der Waals surface area contributed by atoms with Gasteiger partial charge in [-0.15, -0.1) is 0 Å². The van der Waals surface area contributed by atoms with E-state index in [1.54, 1.807) is 0 Å². The fourth-order valence-corrected chi connectivity index (χ4v) is 7.63. The zero-order valence-corrected chi connectivity index (χ0v) is 29.4. The first-order chi connectivity index (χ1) is 26.0. The number of likely N-dealkylation sites (tertiary alicyclic amines) is 2. The molecule has 16 nitrogen and oxygen atoms in total. The molecule has 8 rings (SSSR count). The number of aromatic nitrogens is 4. The van der Waals surface area contributed by atoms with Gasteiger partial charge in [-0.3, -0.25) is 9.80 Å². The summed E-state index contributed by atoms with van der Waals surface area (Å²) in [6, 6.07) is 5.16. The van der Waals surface area contributed by atoms with Crippen molar-refractivity contribution in [1.29, 1.82) is 0 Å². The van der Waals surface area contributed by atoms with E-state index in [1.807, 2.05) is 0 Å². The van der Waals surface area contributed by atoms with Crippen molar-refractivity contribution in [3.63, 3.8) is 0 Å². The summed E-state index contributed by atoms with van der Waals surface area (Å²) >= 11 is 0. The van der Waals surface area contributed by atoms with Crippen LogP contribution in [0.5, 0.6) is 34.5 Å². The molecule has 278 valence electrons. The van der Waals surface area contributed by atoms with E-state index in [4.69, 9.17) is 9.47 Å². The quantitative estimate of drug-likeness (QED) is 0.0975. The molecule has 2 aromatic heterocycles. The number of hydrogen-bond donors (Lipinski definition) is 6. The van der Waals surface area contributed by atoms with Gasteiger partial charge in [-0.2, -0.15) is 0 Å². The Morgan fingerprint density at radius 1 is 0.519 bits per heavy atom. The lowest BCUT2D eigenvalue weighted by atomic mass is 9.93. The molecule has 54 heavy (non-hydrogen) atoms. The van der Waals surface area contributed by atoms with E-state index in [0.29, 0.717) is 26.2 Å². The van der Waals surface area contributed by atoms with Crippen molar-refractivity contribution in [3.05, 3.63) is 46.5 Å². The lowest BCUT2D eigenvalue weighted by molar-refractivity contribution is 0.0593. The van der Waals surface area contributed by atoms with Gasteiger partial charge in [-0.1, -0.05) is 0 Å². The Hall–Kier alpha value is -6.26. The molecule has 0 spiro atoms. The van der Waals surface area contributed by atoms with Crippen LogP contribution in [0.4, 0.5) is 0 Å². The van der Waals surface area contributed by atoms with Crippen LogP contribution in [0.2, 0.25) is 0 Å². The van der Waals surface area contributed by atoms with Crippen molar-refractivity contribution >= 4 is 56.1 Å². The van der Waals surface area contributed by atoms with Gasteiger partial charge in [0.15, 0.2) is 11.5 Å². The lowest BCUT2D eigenvalue weighted by Crippen LogP contribution is -2.19. The van der Waals surface area contributed by atoms with Gasteiger partial charge in [-0.05, 0) is 76.1 Å². The van der Waals surface area contributed by atoms with Crippen molar-refractivity contribution in [3.8, 4) is 45.6 Å². The SMILES string of the molecule is COC(=O)c1ccc(O)c2nc3c(CN4CCCC4)c(O)c(-c4c(O)c(CN5CCCC5)c5nc6c(O)ccc(C(=O)OC)c6nc5c4O)c(O)c3nc12. The number of phenols is 6. The monoisotopic (exact) mass is 736 g/mol. The van der Waals surface area contributed by atoms with Gasteiger partial charge >= 0.3 is 11.9 Å². The number of methoxy groups -OCH3 is 2. The molecule has 2 fully saturated rings. The summed E-state index contributed by atoms with van der Waals surface area (Å²) in [7, 11) is 2.37. The van der Waals surface area contributed by atoms with Gasteiger partial charge < -0.3 is 40.1 Å². The molecule has 0 bridgehead atoms. The maximum atomic E-state index is 12.8. The predicted octanol–water partition coefficient (Wildman–Crippen LogP) is 4.54. The second kappa shape index (κ2) is 13.3. The van der Waals surface area contributed by atoms with E-state index in [2.05, 4.69) is 29.7 Å². The maximum absolute atomic E-state index is 12.8. The standard InChI is InChI=1S/C38H36N6O10/c1-53-37(51)17-7-9-21(45)29-25(17)41-31-27(39-29)19(15-43-11-3-4-12-43)33(47)23(35(31)49)24-34(48)20(16-44-13-5-6-14-44)28-32(36(24)50)42-26-18(38(52)54-2)8-10-22(46)30(26)40-28/h7-10,45-50H,3-6,11-16H2,1-2H3. The van der Waals surface area contributed by atoms with Crippen molar-refractivity contribution in [1.82, 2.24) is 29.7 Å². The van der Waals surface area contributed by atoms with Crippen molar-refractivity contribution in [2.75, 3.05) is 40.4 Å². The summed E-state index contributed by atoms with van der Waals surface area (Å²) in [5.41, 5.74) is -1.21. The topological polar surface area (TPSA) is 232 Å². The van der Waals surface area contributed by atoms with Gasteiger partial charge in [0, 0.05) is 24.2 Å². The molecular formula is C38H36N6O10. The van der Waals surface area contributed by atoms with Crippen molar-refractivity contribution in [2.24, 2.45) is 0 Å². The van der Waals surface area contributed by atoms with Gasteiger partial charge in [-0.25, -0.2) is 29.5 Å². The highest BCUT2D eigenvalue weighted by atomic mass is 16.5. The first-order valence-electron chi connectivity index (χ1n) is 17.4. The van der Waals surface area contributed by atoms with Gasteiger partial charge in [0.25, 0.3) is 0 Å². The summed E-state index contributed by atoms with van der Waals surface area (Å²) in [6.07, 6.45) is 3.62. The number of hydrogen-bond acceptors (Lipinski definition) is 16. The lowest BCUT2D eigenvalue weighted by Gasteiger charge is -2.23. The van der Waals surface area contributed by atoms with Crippen LogP contribution in [0.1, 0.15) is 57.5 Å². The van der Waals surface area contributed by atoms with E-state index in [0.717, 1.165) is 25.7 Å². The molecule has 6 aromatic rings. The summed E-state index contributed by atoms with van der Waals surface area (Å²) < 4.78 is 9.87. The minimum Gasteiger partial charge on any atom is -0.507 e. The van der Waals surface area contributed by atoms with Crippen LogP contribution in [0, 0.1) is 0 Å². The van der Waals surface area contributed by atoms with Crippen LogP contribution < -0.4 is 0 Å². The van der Waals surface area contributed by atoms with E-state index < -0.39 is 46.1 Å². The van der Waals surface area contributed by atoms with E-state index >= 15 is 0 Å². The number of ether oxygens (including phenoxy) is 2. The Balaban J connectivity index is 1.50. The van der Waals surface area contributed by atoms with Crippen LogP contribution in [-0.2, 0) is 22.6 Å². The molecule has 0 amide bonds. The van der Waals surface area contributed by atoms with Gasteiger partial charge in [0.1, 0.15) is 67.1 Å². The number of esters is 2. The second-order valence-electron chi connectivity index (χ2n) is 13.6. The summed E-state index contributed by atoms with van der Waals surface area (Å²) in [4.78, 5) is 48.1. The first kappa shape index (κ1) is 34.8. The molecule has 16 heteroatoms. The molecule has 4 heterocycles. The summed E-state index contributed by atoms with van der Waals surface area (Å²) in [5.74, 6) is -4.60. The maximum Gasteiger partial charge on any atom is 0.340 e. The largest absolute Gasteiger partial charge is 0.507 e. The van der Waals surface area contributed by atoms with Crippen LogP contribution in [-0.4, -0.2) is 113 Å². The summed E-state index contributed by atoms with van der Waals surface area (Å²) in [5, 5.41) is 70.3. The van der Waals surface area contributed by atoms with Gasteiger partial charge in [0.05, 0.1) is 36.5 Å². The summed E-state index contributed by atoms with van der Waals surface area (Å²) in [6.45, 7) is 3.02. The Bertz CT molecular complexity index is 2390. The third kappa shape index (κ3) is 5.44. The second-order valence-corrected chi connectivity index (χ2v) is 13.6. The average molecular weight is 737 g/mol. The first-order valence-corrected chi connectivity index (χ1v) is 17.4. The van der Waals surface area contributed by atoms with Crippen LogP contribution in [0.25, 0.3) is 55.3 Å². The number of nitrogens with zero attached hydrogens (tertiary/aromatic N) is 6. The van der Waals surface area contributed by atoms with Gasteiger partial charge in [0.2, 0.25) is 0 Å². The highest BCUT2D eigenvalue weighted by molar-refractivity contribution is 6.10. The molecule has 2 aliphatic heterocycles. The average Bonchev–Trinajstić information content (AvgIpc) is 3.90. The number of carbonyl (C=O) groups excluding carboxylic acids is 2. The van der Waals surface area contributed by atoms with E-state index in [9.17, 15) is 40.2 Å². The van der Waals surface area contributed by atoms with E-state index in [1.165, 1.54) is 38.5 Å². The highest BCUT2D eigenvalue weighted by Gasteiger charge is 2.33. The van der Waals surface area contributed by atoms with Crippen molar-refractivity contribution in [2.45, 2.75) is 38.8 Å².